The number of carbonyl (C=O) groups is 2. The van der Waals surface area contributed by atoms with Crippen molar-refractivity contribution in [3.05, 3.63) is 60.0 Å². The Kier molecular flexibility index (Phi) is 6.06. The van der Waals surface area contributed by atoms with Gasteiger partial charge in [-0.1, -0.05) is 43.3 Å². The summed E-state index contributed by atoms with van der Waals surface area (Å²) in [7, 11) is 0. The summed E-state index contributed by atoms with van der Waals surface area (Å²) in [6.45, 7) is 7.33. The summed E-state index contributed by atoms with van der Waals surface area (Å²) in [5.41, 5.74) is 1.08. The highest BCUT2D eigenvalue weighted by molar-refractivity contribution is 7.13. The highest BCUT2D eigenvalue weighted by atomic mass is 32.1. The van der Waals surface area contributed by atoms with Crippen LogP contribution in [0.15, 0.2) is 54.4 Å². The third-order valence-electron chi connectivity index (χ3n) is 5.99. The molecule has 0 bridgehead atoms. The summed E-state index contributed by atoms with van der Waals surface area (Å²) in [6, 6.07) is 12.4. The predicted molar refractivity (Wildman–Crippen MR) is 119 cm³/mol. The first-order valence-corrected chi connectivity index (χ1v) is 11.3. The van der Waals surface area contributed by atoms with E-state index in [0.29, 0.717) is 32.0 Å². The number of hydrogen-bond acceptors (Lipinski definition) is 4. The second-order valence-electron chi connectivity index (χ2n) is 8.27. The molecule has 30 heavy (non-hydrogen) atoms. The molecule has 1 aromatic heterocycles. The van der Waals surface area contributed by atoms with Crippen LogP contribution in [0.25, 0.3) is 10.4 Å². The molecule has 1 saturated heterocycles. The smallest absolute Gasteiger partial charge is 0.254 e. The highest BCUT2D eigenvalue weighted by Gasteiger charge is 2.48. The van der Waals surface area contributed by atoms with Gasteiger partial charge in [-0.25, -0.2) is 0 Å². The molecule has 1 aromatic carbocycles. The molecule has 3 atom stereocenters. The van der Waals surface area contributed by atoms with Gasteiger partial charge in [0.05, 0.1) is 13.2 Å². The second-order valence-corrected chi connectivity index (χ2v) is 9.22. The third-order valence-corrected chi connectivity index (χ3v) is 6.91. The number of nitrogens with zero attached hydrogens (tertiary/aromatic N) is 1. The molecule has 1 N–H and O–H groups in total. The van der Waals surface area contributed by atoms with Crippen LogP contribution in [0.5, 0.6) is 0 Å². The number of carbonyl (C=O) groups excluding carboxylic acids is 2. The van der Waals surface area contributed by atoms with Crippen LogP contribution < -0.4 is 5.32 Å². The fraction of sp³-hybridized carbons (Fsp3) is 0.417. The van der Waals surface area contributed by atoms with Crippen LogP contribution in [0.2, 0.25) is 0 Å². The van der Waals surface area contributed by atoms with Gasteiger partial charge >= 0.3 is 0 Å². The Morgan fingerprint density at radius 2 is 2.10 bits per heavy atom. The molecule has 5 nitrogen and oxygen atoms in total. The first-order valence-electron chi connectivity index (χ1n) is 10.5. The Hall–Kier alpha value is -2.44. The Labute approximate surface area is 181 Å². The highest BCUT2D eigenvalue weighted by Crippen LogP contribution is 2.40. The zero-order chi connectivity index (χ0) is 21.1. The first-order chi connectivity index (χ1) is 14.5. The Bertz CT molecular complexity index is 909. The fourth-order valence-electron chi connectivity index (χ4n) is 4.08. The van der Waals surface area contributed by atoms with Gasteiger partial charge < -0.3 is 15.0 Å². The van der Waals surface area contributed by atoms with E-state index in [1.54, 1.807) is 17.4 Å². The maximum Gasteiger partial charge on any atom is 0.254 e. The number of rotatable bonds is 7. The molecule has 1 saturated carbocycles. The molecule has 2 aromatic rings. The lowest BCUT2D eigenvalue weighted by molar-refractivity contribution is -0.166. The average molecular weight is 425 g/mol. The molecular weight excluding hydrogens is 396 g/mol. The maximum absolute atomic E-state index is 13.1. The lowest BCUT2D eigenvalue weighted by atomic mass is 9.90. The minimum absolute atomic E-state index is 0.0992. The van der Waals surface area contributed by atoms with Crippen molar-refractivity contribution in [2.24, 2.45) is 11.8 Å². The van der Waals surface area contributed by atoms with E-state index in [-0.39, 0.29) is 24.3 Å². The summed E-state index contributed by atoms with van der Waals surface area (Å²) >= 11 is 1.70. The minimum atomic E-state index is -1.08. The van der Waals surface area contributed by atoms with Gasteiger partial charge in [0.15, 0.2) is 5.60 Å². The normalized spacial score (nSPS) is 25.6. The van der Waals surface area contributed by atoms with Gasteiger partial charge in [-0.3, -0.25) is 9.59 Å². The van der Waals surface area contributed by atoms with Gasteiger partial charge in [-0.2, -0.15) is 0 Å². The van der Waals surface area contributed by atoms with Crippen LogP contribution in [0, 0.1) is 11.8 Å². The molecule has 2 amide bonds. The standard InChI is InChI=1S/C24H28N2O3S/c1-3-10-25-23(28)24(16-26(11-12-29-24)22(27)20-14-17(20)2)15-18-6-8-19(9-7-18)21-5-4-13-30-21/h3-9,13,17,20H,1,10-12,14-16H2,2H3,(H,25,28)/t17-,20+,24-/m0/s1. The summed E-state index contributed by atoms with van der Waals surface area (Å²) in [6.07, 6.45) is 3.01. The lowest BCUT2D eigenvalue weighted by Gasteiger charge is -2.42. The van der Waals surface area contributed by atoms with E-state index < -0.39 is 5.60 Å². The van der Waals surface area contributed by atoms with E-state index in [9.17, 15) is 9.59 Å². The van der Waals surface area contributed by atoms with Crippen molar-refractivity contribution in [2.45, 2.75) is 25.4 Å². The minimum Gasteiger partial charge on any atom is -0.361 e. The summed E-state index contributed by atoms with van der Waals surface area (Å²) in [5.74, 6) is 0.502. The van der Waals surface area contributed by atoms with Crippen molar-refractivity contribution < 1.29 is 14.3 Å². The maximum atomic E-state index is 13.1. The zero-order valence-electron chi connectivity index (χ0n) is 17.3. The molecule has 2 aliphatic rings. The summed E-state index contributed by atoms with van der Waals surface area (Å²) in [5, 5.41) is 4.95. The van der Waals surface area contributed by atoms with Gasteiger partial charge in [0, 0.05) is 30.3 Å². The van der Waals surface area contributed by atoms with Crippen LogP contribution in [0.1, 0.15) is 18.9 Å². The van der Waals surface area contributed by atoms with E-state index in [0.717, 1.165) is 17.5 Å². The van der Waals surface area contributed by atoms with Crippen molar-refractivity contribution in [1.82, 2.24) is 10.2 Å². The van der Waals surface area contributed by atoms with E-state index >= 15 is 0 Å². The molecule has 1 aliphatic heterocycles. The number of ether oxygens (including phenoxy) is 1. The summed E-state index contributed by atoms with van der Waals surface area (Å²) in [4.78, 5) is 29.0. The molecule has 0 unspecified atom stereocenters. The van der Waals surface area contributed by atoms with Crippen LogP contribution in [0.3, 0.4) is 0 Å². The van der Waals surface area contributed by atoms with Crippen LogP contribution in [-0.2, 0) is 20.7 Å². The molecular formula is C24H28N2O3S. The number of morpholine rings is 1. The van der Waals surface area contributed by atoms with Crippen molar-refractivity contribution in [3.63, 3.8) is 0 Å². The first kappa shape index (κ1) is 20.8. The number of benzene rings is 1. The lowest BCUT2D eigenvalue weighted by Crippen LogP contribution is -2.62. The third kappa shape index (κ3) is 4.35. The van der Waals surface area contributed by atoms with Crippen LogP contribution >= 0.6 is 11.3 Å². The van der Waals surface area contributed by atoms with Gasteiger partial charge in [0.25, 0.3) is 5.91 Å². The predicted octanol–water partition coefficient (Wildman–Crippen LogP) is 3.51. The van der Waals surface area contributed by atoms with E-state index in [4.69, 9.17) is 4.74 Å². The number of nitrogens with one attached hydrogen (secondary N) is 1. The molecule has 158 valence electrons. The Morgan fingerprint density at radius 1 is 1.33 bits per heavy atom. The average Bonchev–Trinajstić information content (AvgIpc) is 3.25. The molecule has 6 heteroatoms. The topological polar surface area (TPSA) is 58.6 Å². The molecule has 0 spiro atoms. The van der Waals surface area contributed by atoms with Crippen molar-refractivity contribution in [2.75, 3.05) is 26.2 Å². The van der Waals surface area contributed by atoms with Gasteiger partial charge in [0.1, 0.15) is 0 Å². The largest absolute Gasteiger partial charge is 0.361 e. The second kappa shape index (κ2) is 8.74. The van der Waals surface area contributed by atoms with Crippen LogP contribution in [0.4, 0.5) is 0 Å². The number of hydrogen-bond donors (Lipinski definition) is 1. The number of thiophene rings is 1. The molecule has 2 heterocycles. The Morgan fingerprint density at radius 3 is 2.73 bits per heavy atom. The molecule has 1 aliphatic carbocycles. The van der Waals surface area contributed by atoms with Crippen LogP contribution in [-0.4, -0.2) is 48.6 Å². The van der Waals surface area contributed by atoms with E-state index in [1.807, 2.05) is 23.1 Å². The van der Waals surface area contributed by atoms with Crippen molar-refractivity contribution in [3.8, 4) is 10.4 Å². The molecule has 2 fully saturated rings. The van der Waals surface area contributed by atoms with E-state index in [1.165, 1.54) is 4.88 Å². The van der Waals surface area contributed by atoms with Crippen molar-refractivity contribution in [1.29, 1.82) is 0 Å². The summed E-state index contributed by atoms with van der Waals surface area (Å²) < 4.78 is 6.10. The van der Waals surface area contributed by atoms with Gasteiger partial charge in [-0.15, -0.1) is 17.9 Å². The SMILES string of the molecule is C=CCNC(=O)[C@]1(Cc2ccc(-c3cccs3)cc2)CN(C(=O)[C@@H]2C[C@@H]2C)CCO1. The fourth-order valence-corrected chi connectivity index (χ4v) is 4.82. The van der Waals surface area contributed by atoms with E-state index in [2.05, 4.69) is 42.4 Å². The van der Waals surface area contributed by atoms with Crippen molar-refractivity contribution >= 4 is 23.2 Å². The molecule has 4 rings (SSSR count). The van der Waals surface area contributed by atoms with Gasteiger partial charge in [-0.05, 0) is 34.9 Å². The monoisotopic (exact) mass is 424 g/mol. The number of amides is 2. The zero-order valence-corrected chi connectivity index (χ0v) is 18.1. The quantitative estimate of drug-likeness (QED) is 0.692. The Balaban J connectivity index is 1.55. The van der Waals surface area contributed by atoms with Gasteiger partial charge in [0.2, 0.25) is 5.91 Å². The molecule has 0 radical (unpaired) electrons.